The van der Waals surface area contributed by atoms with Gasteiger partial charge in [0.15, 0.2) is 5.82 Å². The number of hydrogen-bond acceptors (Lipinski definition) is 4. The zero-order valence-corrected chi connectivity index (χ0v) is 16.7. The van der Waals surface area contributed by atoms with Crippen LogP contribution in [0.2, 0.25) is 0 Å². The Kier molecular flexibility index (Phi) is 4.93. The molecular weight excluding hydrogens is 456 g/mol. The van der Waals surface area contributed by atoms with Gasteiger partial charge in [0.05, 0.1) is 5.69 Å². The van der Waals surface area contributed by atoms with Gasteiger partial charge in [-0.1, -0.05) is 34.7 Å². The lowest BCUT2D eigenvalue weighted by molar-refractivity contribution is 0.644. The molecule has 0 amide bonds. The van der Waals surface area contributed by atoms with E-state index in [4.69, 9.17) is 0 Å². The number of fused-ring (bicyclic) bond motifs is 1. The minimum absolute atomic E-state index is 0.306. The predicted octanol–water partition coefficient (Wildman–Crippen LogP) is 5.83. The third kappa shape index (κ3) is 3.87. The number of H-pyrrole nitrogens is 1. The Morgan fingerprint density at radius 3 is 2.85 bits per heavy atom. The van der Waals surface area contributed by atoms with Crippen molar-refractivity contribution in [3.63, 3.8) is 0 Å². The molecule has 3 N–H and O–H groups in total. The summed E-state index contributed by atoms with van der Waals surface area (Å²) in [5, 5.41) is 6.79. The number of aryl methyl sites for hydroxylation is 1. The van der Waals surface area contributed by atoms with Crippen LogP contribution >= 0.6 is 22.6 Å². The normalized spacial score (nSPS) is 10.9. The molecule has 2 heterocycles. The van der Waals surface area contributed by atoms with Crippen LogP contribution in [0, 0.1) is 12.7 Å². The molecule has 2 aromatic carbocycles. The number of nitrogens with one attached hydrogen (secondary N) is 3. The first-order valence-corrected chi connectivity index (χ1v) is 9.95. The van der Waals surface area contributed by atoms with E-state index in [9.17, 15) is 4.39 Å². The number of alkyl halides is 1. The van der Waals surface area contributed by atoms with E-state index in [-0.39, 0.29) is 5.82 Å². The van der Waals surface area contributed by atoms with Gasteiger partial charge in [0.25, 0.3) is 0 Å². The minimum atomic E-state index is -0.306. The Bertz CT molecular complexity index is 1110. The molecule has 0 aliphatic rings. The Balaban J connectivity index is 1.58. The average molecular weight is 473 g/mol. The number of halogens is 2. The Morgan fingerprint density at radius 2 is 2.00 bits per heavy atom. The highest BCUT2D eigenvalue weighted by atomic mass is 127. The van der Waals surface area contributed by atoms with Crippen LogP contribution in [0.3, 0.4) is 0 Å². The number of aromatic nitrogens is 3. The molecule has 0 radical (unpaired) electrons. The maximum Gasteiger partial charge on any atom is 0.229 e. The van der Waals surface area contributed by atoms with E-state index in [1.807, 2.05) is 25.1 Å². The van der Waals surface area contributed by atoms with Crippen LogP contribution in [-0.2, 0) is 4.43 Å². The first-order chi connectivity index (χ1) is 13.1. The fourth-order valence-corrected chi connectivity index (χ4v) is 3.37. The molecule has 4 rings (SSSR count). The summed E-state index contributed by atoms with van der Waals surface area (Å²) in [6.45, 7) is 1.90. The van der Waals surface area contributed by atoms with Crippen LogP contribution in [-0.4, -0.2) is 15.0 Å². The molecule has 2 aromatic heterocycles. The maximum atomic E-state index is 14.8. The first-order valence-electron chi connectivity index (χ1n) is 8.42. The number of aromatic amines is 1. The Hall–Kier alpha value is -2.68. The molecule has 27 heavy (non-hydrogen) atoms. The highest BCUT2D eigenvalue weighted by Crippen LogP contribution is 2.27. The molecule has 0 saturated heterocycles. The van der Waals surface area contributed by atoms with Crippen molar-refractivity contribution in [2.75, 3.05) is 10.6 Å². The Labute approximate surface area is 169 Å². The summed E-state index contributed by atoms with van der Waals surface area (Å²) in [7, 11) is 0. The first kappa shape index (κ1) is 17.7. The third-order valence-electron chi connectivity index (χ3n) is 4.13. The van der Waals surface area contributed by atoms with Crippen molar-refractivity contribution in [3.8, 4) is 0 Å². The fourth-order valence-electron chi connectivity index (χ4n) is 2.89. The Morgan fingerprint density at radius 1 is 1.11 bits per heavy atom. The van der Waals surface area contributed by atoms with Gasteiger partial charge in [-0.25, -0.2) is 9.37 Å². The average Bonchev–Trinajstić information content (AvgIpc) is 3.06. The zero-order valence-electron chi connectivity index (χ0n) is 14.6. The molecule has 0 unspecified atom stereocenters. The van der Waals surface area contributed by atoms with Crippen LogP contribution in [0.15, 0.2) is 54.7 Å². The maximum absolute atomic E-state index is 14.8. The van der Waals surface area contributed by atoms with Gasteiger partial charge in [-0.3, -0.25) is 0 Å². The number of benzene rings is 2. The molecule has 0 aliphatic carbocycles. The van der Waals surface area contributed by atoms with Crippen LogP contribution < -0.4 is 10.6 Å². The molecular formula is C20H17FIN5. The summed E-state index contributed by atoms with van der Waals surface area (Å²) in [5.41, 5.74) is 4.20. The van der Waals surface area contributed by atoms with E-state index in [2.05, 4.69) is 60.3 Å². The largest absolute Gasteiger partial charge is 0.359 e. The van der Waals surface area contributed by atoms with Crippen molar-refractivity contribution < 1.29 is 4.39 Å². The lowest BCUT2D eigenvalue weighted by Crippen LogP contribution is -2.01. The summed E-state index contributed by atoms with van der Waals surface area (Å²) < 4.78 is 15.7. The van der Waals surface area contributed by atoms with E-state index in [0.717, 1.165) is 21.3 Å². The van der Waals surface area contributed by atoms with Gasteiger partial charge in [-0.15, -0.1) is 0 Å². The van der Waals surface area contributed by atoms with E-state index in [1.54, 1.807) is 24.4 Å². The third-order valence-corrected chi connectivity index (χ3v) is 5.01. The highest BCUT2D eigenvalue weighted by molar-refractivity contribution is 14.1. The summed E-state index contributed by atoms with van der Waals surface area (Å²) in [4.78, 5) is 11.8. The van der Waals surface area contributed by atoms with E-state index in [0.29, 0.717) is 22.8 Å². The van der Waals surface area contributed by atoms with Crippen molar-refractivity contribution >= 4 is 56.6 Å². The van der Waals surface area contributed by atoms with Crippen molar-refractivity contribution in [2.45, 2.75) is 11.4 Å². The van der Waals surface area contributed by atoms with Crippen molar-refractivity contribution in [3.05, 3.63) is 71.8 Å². The highest BCUT2D eigenvalue weighted by Gasteiger charge is 2.10. The fraction of sp³-hybridized carbons (Fsp3) is 0.100. The number of hydrogen-bond donors (Lipinski definition) is 3. The van der Waals surface area contributed by atoms with Crippen LogP contribution in [0.4, 0.5) is 27.5 Å². The molecule has 0 atom stereocenters. The van der Waals surface area contributed by atoms with Crippen molar-refractivity contribution in [1.29, 1.82) is 0 Å². The van der Waals surface area contributed by atoms with E-state index < -0.39 is 0 Å². The molecule has 7 heteroatoms. The molecule has 0 saturated carbocycles. The zero-order chi connectivity index (χ0) is 18.8. The van der Waals surface area contributed by atoms with Crippen LogP contribution in [0.5, 0.6) is 0 Å². The van der Waals surface area contributed by atoms with Gasteiger partial charge in [0.1, 0.15) is 5.82 Å². The molecule has 0 spiro atoms. The quantitative estimate of drug-likeness (QED) is 0.252. The second-order valence-corrected chi connectivity index (χ2v) is 6.95. The number of nitrogens with zero attached hydrogens (tertiary/aromatic N) is 2. The minimum Gasteiger partial charge on any atom is -0.359 e. The SMILES string of the molecule is Cc1cc2c(F)c(Nc3ccnc(Nc4cccc(CI)c4)n3)ccc2[nH]1. The molecule has 136 valence electrons. The molecule has 4 aromatic rings. The van der Waals surface area contributed by atoms with Gasteiger partial charge >= 0.3 is 0 Å². The second kappa shape index (κ2) is 7.51. The lowest BCUT2D eigenvalue weighted by Gasteiger charge is -2.10. The molecule has 5 nitrogen and oxygen atoms in total. The van der Waals surface area contributed by atoms with Crippen molar-refractivity contribution in [2.24, 2.45) is 0 Å². The monoisotopic (exact) mass is 473 g/mol. The number of anilines is 4. The molecule has 0 aliphatic heterocycles. The van der Waals surface area contributed by atoms with Gasteiger partial charge < -0.3 is 15.6 Å². The van der Waals surface area contributed by atoms with Gasteiger partial charge in [0.2, 0.25) is 5.95 Å². The smallest absolute Gasteiger partial charge is 0.229 e. The standard InChI is InChI=1S/C20H17FIN5/c1-12-9-15-16(24-12)5-6-17(19(15)21)26-18-7-8-23-20(27-18)25-14-4-2-3-13(10-14)11-22/h2-10,24H,11H2,1H3,(H2,23,25,26,27). The van der Waals surface area contributed by atoms with E-state index in [1.165, 1.54) is 5.56 Å². The topological polar surface area (TPSA) is 65.6 Å². The molecule has 0 bridgehead atoms. The van der Waals surface area contributed by atoms with Gasteiger partial charge in [-0.05, 0) is 48.9 Å². The summed E-state index contributed by atoms with van der Waals surface area (Å²) in [6, 6.07) is 15.1. The second-order valence-electron chi connectivity index (χ2n) is 6.19. The van der Waals surface area contributed by atoms with Gasteiger partial charge in [0, 0.05) is 32.9 Å². The predicted molar refractivity (Wildman–Crippen MR) is 116 cm³/mol. The molecule has 0 fully saturated rings. The lowest BCUT2D eigenvalue weighted by atomic mass is 10.2. The summed E-state index contributed by atoms with van der Waals surface area (Å²) in [6.07, 6.45) is 1.64. The number of rotatable bonds is 5. The van der Waals surface area contributed by atoms with Crippen LogP contribution in [0.25, 0.3) is 10.9 Å². The summed E-state index contributed by atoms with van der Waals surface area (Å²) >= 11 is 2.32. The van der Waals surface area contributed by atoms with Crippen LogP contribution in [0.1, 0.15) is 11.3 Å². The van der Waals surface area contributed by atoms with Gasteiger partial charge in [-0.2, -0.15) is 4.98 Å². The van der Waals surface area contributed by atoms with Crippen molar-refractivity contribution in [1.82, 2.24) is 15.0 Å². The van der Waals surface area contributed by atoms with E-state index >= 15 is 0 Å². The summed E-state index contributed by atoms with van der Waals surface area (Å²) in [5.74, 6) is 0.660.